The van der Waals surface area contributed by atoms with Gasteiger partial charge < -0.3 is 15.2 Å². The lowest BCUT2D eigenvalue weighted by molar-refractivity contribution is -0.130. The molecule has 2 amide bonds. The van der Waals surface area contributed by atoms with Crippen molar-refractivity contribution in [2.24, 2.45) is 0 Å². The molecule has 20 heavy (non-hydrogen) atoms. The van der Waals surface area contributed by atoms with Gasteiger partial charge in [-0.25, -0.2) is 5.01 Å². The molecule has 1 fully saturated rings. The van der Waals surface area contributed by atoms with Crippen LogP contribution in [0.4, 0.5) is 0 Å². The Hall–Kier alpha value is -1.48. The molecule has 1 aromatic rings. The average molecular weight is 299 g/mol. The molecule has 0 aromatic carbocycles. The molecule has 0 aliphatic carbocycles. The van der Waals surface area contributed by atoms with Gasteiger partial charge in [-0.15, -0.1) is 11.3 Å². The normalized spacial score (nSPS) is 17.4. The molecule has 1 saturated heterocycles. The average Bonchev–Trinajstić information content (AvgIpc) is 2.99. The lowest BCUT2D eigenvalue weighted by Crippen LogP contribution is -2.56. The van der Waals surface area contributed by atoms with Crippen LogP contribution in [0.2, 0.25) is 0 Å². The van der Waals surface area contributed by atoms with E-state index in [1.807, 2.05) is 0 Å². The molecular weight excluding hydrogens is 282 g/mol. The molecule has 0 saturated carbocycles. The molecule has 1 aromatic heterocycles. The zero-order valence-electron chi connectivity index (χ0n) is 10.9. The Bertz CT molecular complexity index is 446. The smallest absolute Gasteiger partial charge is 0.262 e. The van der Waals surface area contributed by atoms with Gasteiger partial charge in [0.2, 0.25) is 0 Å². The predicted molar refractivity (Wildman–Crippen MR) is 73.2 cm³/mol. The van der Waals surface area contributed by atoms with E-state index in [0.29, 0.717) is 31.2 Å². The number of nitrogens with zero attached hydrogens (tertiary/aromatic N) is 1. The summed E-state index contributed by atoms with van der Waals surface area (Å²) in [5.74, 6) is -0.796. The summed E-state index contributed by atoms with van der Waals surface area (Å²) in [7, 11) is 0. The minimum Gasteiger partial charge on any atom is -0.394 e. The monoisotopic (exact) mass is 299 g/mol. The Morgan fingerprint density at radius 3 is 2.80 bits per heavy atom. The molecule has 110 valence electrons. The van der Waals surface area contributed by atoms with Crippen molar-refractivity contribution in [3.8, 4) is 0 Å². The summed E-state index contributed by atoms with van der Waals surface area (Å²) < 4.78 is 5.17. The first-order valence-corrected chi connectivity index (χ1v) is 7.17. The van der Waals surface area contributed by atoms with Gasteiger partial charge in [0, 0.05) is 13.1 Å². The highest BCUT2D eigenvalue weighted by Gasteiger charge is 2.23. The van der Waals surface area contributed by atoms with Gasteiger partial charge in [-0.3, -0.25) is 15.0 Å². The van der Waals surface area contributed by atoms with Crippen molar-refractivity contribution >= 4 is 23.2 Å². The topological polar surface area (TPSA) is 90.9 Å². The molecular formula is C12H17N3O4S. The second-order valence-corrected chi connectivity index (χ2v) is 5.21. The van der Waals surface area contributed by atoms with Crippen molar-refractivity contribution in [3.63, 3.8) is 0 Å². The van der Waals surface area contributed by atoms with Gasteiger partial charge in [0.25, 0.3) is 11.8 Å². The number of ether oxygens (including phenoxy) is 1. The van der Waals surface area contributed by atoms with E-state index in [1.54, 1.807) is 22.5 Å². The highest BCUT2D eigenvalue weighted by atomic mass is 32.1. The Kier molecular flexibility index (Phi) is 5.48. The van der Waals surface area contributed by atoms with Crippen molar-refractivity contribution in [3.05, 3.63) is 22.4 Å². The largest absolute Gasteiger partial charge is 0.394 e. The van der Waals surface area contributed by atoms with Gasteiger partial charge in [0.15, 0.2) is 0 Å². The Morgan fingerprint density at radius 1 is 1.45 bits per heavy atom. The highest BCUT2D eigenvalue weighted by Crippen LogP contribution is 2.08. The van der Waals surface area contributed by atoms with Gasteiger partial charge in [0.05, 0.1) is 24.7 Å². The van der Waals surface area contributed by atoms with Crippen molar-refractivity contribution in [1.82, 2.24) is 15.8 Å². The van der Waals surface area contributed by atoms with Crippen LogP contribution in [0.15, 0.2) is 17.5 Å². The molecule has 1 atom stereocenters. The summed E-state index contributed by atoms with van der Waals surface area (Å²) in [6.45, 7) is 1.82. The first-order chi connectivity index (χ1) is 9.70. The highest BCUT2D eigenvalue weighted by molar-refractivity contribution is 7.12. The van der Waals surface area contributed by atoms with E-state index in [4.69, 9.17) is 4.74 Å². The Labute approximate surface area is 120 Å². The van der Waals surface area contributed by atoms with Gasteiger partial charge in [-0.05, 0) is 11.4 Å². The summed E-state index contributed by atoms with van der Waals surface area (Å²) in [4.78, 5) is 24.3. The third-order valence-electron chi connectivity index (χ3n) is 2.83. The maximum absolute atomic E-state index is 12.0. The van der Waals surface area contributed by atoms with Crippen molar-refractivity contribution in [2.75, 3.05) is 32.9 Å². The van der Waals surface area contributed by atoms with Crippen LogP contribution in [0, 0.1) is 0 Å². The van der Waals surface area contributed by atoms with Gasteiger partial charge >= 0.3 is 0 Å². The number of amides is 2. The van der Waals surface area contributed by atoms with Crippen LogP contribution in [-0.2, 0) is 9.53 Å². The summed E-state index contributed by atoms with van der Waals surface area (Å²) in [6.07, 6.45) is 0. The van der Waals surface area contributed by atoms with E-state index in [-0.39, 0.29) is 5.91 Å². The van der Waals surface area contributed by atoms with Crippen LogP contribution in [0.25, 0.3) is 0 Å². The Morgan fingerprint density at radius 2 is 2.20 bits per heavy atom. The lowest BCUT2D eigenvalue weighted by Gasteiger charge is -2.28. The zero-order valence-corrected chi connectivity index (χ0v) is 11.7. The molecule has 0 bridgehead atoms. The number of carbonyl (C=O) groups is 2. The van der Waals surface area contributed by atoms with Crippen molar-refractivity contribution < 1.29 is 19.4 Å². The minimum absolute atomic E-state index is 0.365. The number of morpholine rings is 1. The fourth-order valence-corrected chi connectivity index (χ4v) is 2.37. The number of thiophene rings is 1. The fraction of sp³-hybridized carbons (Fsp3) is 0.500. The molecule has 3 N–H and O–H groups in total. The van der Waals surface area contributed by atoms with Crippen molar-refractivity contribution in [2.45, 2.75) is 6.04 Å². The summed E-state index contributed by atoms with van der Waals surface area (Å²) in [5, 5.41) is 15.3. The molecule has 7 nitrogen and oxygen atoms in total. The molecule has 0 spiro atoms. The molecule has 0 radical (unpaired) electrons. The number of hydrogen-bond acceptors (Lipinski definition) is 6. The number of hydrogen-bond donors (Lipinski definition) is 3. The molecule has 0 unspecified atom stereocenters. The van der Waals surface area contributed by atoms with Crippen LogP contribution >= 0.6 is 11.3 Å². The SMILES string of the molecule is O=C(N[C@@H](CO)C(=O)NN1CCOCC1)c1cccs1. The van der Waals surface area contributed by atoms with E-state index in [9.17, 15) is 14.7 Å². The summed E-state index contributed by atoms with van der Waals surface area (Å²) >= 11 is 1.28. The van der Waals surface area contributed by atoms with Gasteiger partial charge in [0.1, 0.15) is 6.04 Å². The maximum Gasteiger partial charge on any atom is 0.262 e. The second-order valence-electron chi connectivity index (χ2n) is 4.26. The third-order valence-corrected chi connectivity index (χ3v) is 3.70. The zero-order chi connectivity index (χ0) is 14.4. The first kappa shape index (κ1) is 14.9. The number of hydrazine groups is 1. The number of nitrogens with one attached hydrogen (secondary N) is 2. The number of rotatable bonds is 5. The van der Waals surface area contributed by atoms with Crippen molar-refractivity contribution in [1.29, 1.82) is 0 Å². The molecule has 1 aliphatic heterocycles. The molecule has 1 aliphatic rings. The second kappa shape index (κ2) is 7.34. The van der Waals surface area contributed by atoms with Crippen LogP contribution < -0.4 is 10.7 Å². The number of carbonyl (C=O) groups excluding carboxylic acids is 2. The summed E-state index contributed by atoms with van der Waals surface area (Å²) in [5.41, 5.74) is 2.66. The molecule has 2 heterocycles. The first-order valence-electron chi connectivity index (χ1n) is 6.29. The fourth-order valence-electron chi connectivity index (χ4n) is 1.74. The van der Waals surface area contributed by atoms with Gasteiger partial charge in [-0.1, -0.05) is 6.07 Å². The van der Waals surface area contributed by atoms with E-state index in [2.05, 4.69) is 10.7 Å². The van der Waals surface area contributed by atoms with E-state index < -0.39 is 18.6 Å². The van der Waals surface area contributed by atoms with Crippen LogP contribution in [-0.4, -0.2) is 60.9 Å². The molecule has 2 rings (SSSR count). The van der Waals surface area contributed by atoms with E-state index in [1.165, 1.54) is 11.3 Å². The number of aliphatic hydroxyl groups is 1. The third kappa shape index (κ3) is 4.01. The quantitative estimate of drug-likeness (QED) is 0.662. The summed E-state index contributed by atoms with van der Waals surface area (Å²) in [6, 6.07) is 2.45. The maximum atomic E-state index is 12.0. The number of aliphatic hydroxyl groups excluding tert-OH is 1. The van der Waals surface area contributed by atoms with Crippen LogP contribution in [0.1, 0.15) is 9.67 Å². The standard InChI is InChI=1S/C12H17N3O4S/c16-8-9(13-12(18)10-2-1-7-20-10)11(17)14-15-3-5-19-6-4-15/h1-2,7,9,16H,3-6,8H2,(H,13,18)(H,14,17)/t9-/m0/s1. The van der Waals surface area contributed by atoms with Crippen LogP contribution in [0.5, 0.6) is 0 Å². The van der Waals surface area contributed by atoms with E-state index >= 15 is 0 Å². The van der Waals surface area contributed by atoms with Crippen LogP contribution in [0.3, 0.4) is 0 Å². The predicted octanol–water partition coefficient (Wildman–Crippen LogP) is -0.798. The Balaban J connectivity index is 1.86. The lowest BCUT2D eigenvalue weighted by atomic mass is 10.3. The van der Waals surface area contributed by atoms with Gasteiger partial charge in [-0.2, -0.15) is 0 Å². The minimum atomic E-state index is -0.965. The molecule has 8 heteroatoms. The van der Waals surface area contributed by atoms with E-state index in [0.717, 1.165) is 0 Å².